The van der Waals surface area contributed by atoms with Gasteiger partial charge in [0.15, 0.2) is 0 Å². The van der Waals surface area contributed by atoms with Crippen molar-refractivity contribution in [3.63, 3.8) is 0 Å². The Labute approximate surface area is 181 Å². The van der Waals surface area contributed by atoms with Crippen LogP contribution in [-0.2, 0) is 19.1 Å². The number of rotatable bonds is 7. The minimum atomic E-state index is -0.773. The number of hydrogen-bond acceptors (Lipinski definition) is 5. The van der Waals surface area contributed by atoms with E-state index in [0.717, 1.165) is 0 Å². The number of hydrogen-bond donors (Lipinski definition) is 2. The van der Waals surface area contributed by atoms with Crippen LogP contribution in [-0.4, -0.2) is 53.6 Å². The van der Waals surface area contributed by atoms with E-state index in [1.54, 1.807) is 31.2 Å². The first-order valence-electron chi connectivity index (χ1n) is 10.2. The molecule has 0 unspecified atom stereocenters. The zero-order valence-electron chi connectivity index (χ0n) is 17.1. The van der Waals surface area contributed by atoms with Crippen LogP contribution in [0.4, 0.5) is 5.69 Å². The maximum absolute atomic E-state index is 13.3. The molecule has 1 aliphatic carbocycles. The average Bonchev–Trinajstić information content (AvgIpc) is 3.00. The molecule has 1 aromatic carbocycles. The Kier molecular flexibility index (Phi) is 7.15. The summed E-state index contributed by atoms with van der Waals surface area (Å²) in [5.74, 6) is -2.93. The van der Waals surface area contributed by atoms with Crippen LogP contribution in [0.1, 0.15) is 20.3 Å². The van der Waals surface area contributed by atoms with Crippen molar-refractivity contribution in [2.24, 2.45) is 23.7 Å². The molecule has 2 amide bonds. The summed E-state index contributed by atoms with van der Waals surface area (Å²) in [6.07, 6.45) is 4.10. The molecule has 2 N–H and O–H groups in total. The number of nitrogens with zero attached hydrogens (tertiary/aromatic N) is 1. The summed E-state index contributed by atoms with van der Waals surface area (Å²) < 4.78 is 5.23. The van der Waals surface area contributed by atoms with E-state index in [1.807, 2.05) is 19.1 Å². The third kappa shape index (κ3) is 4.37. The number of halogens is 1. The van der Waals surface area contributed by atoms with Gasteiger partial charge in [0, 0.05) is 29.8 Å². The average molecular weight is 435 g/mol. The van der Waals surface area contributed by atoms with Crippen LogP contribution in [0.15, 0.2) is 36.4 Å². The zero-order valence-corrected chi connectivity index (χ0v) is 17.8. The topological polar surface area (TPSA) is 95.9 Å². The molecule has 0 aromatic heterocycles. The molecule has 1 heterocycles. The van der Waals surface area contributed by atoms with E-state index in [0.29, 0.717) is 17.1 Å². The number of likely N-dealkylation sites (tertiary alicyclic amines) is 1. The predicted octanol–water partition coefficient (Wildman–Crippen LogP) is 2.49. The van der Waals surface area contributed by atoms with Gasteiger partial charge in [-0.1, -0.05) is 30.7 Å². The Hall–Kier alpha value is -2.38. The second-order valence-electron chi connectivity index (χ2n) is 7.67. The third-order valence-corrected chi connectivity index (χ3v) is 6.02. The number of esters is 1. The van der Waals surface area contributed by atoms with Gasteiger partial charge in [-0.2, -0.15) is 0 Å². The van der Waals surface area contributed by atoms with Crippen LogP contribution in [0, 0.1) is 23.7 Å². The Morgan fingerprint density at radius 1 is 1.23 bits per heavy atom. The highest BCUT2D eigenvalue weighted by molar-refractivity contribution is 6.30. The summed E-state index contributed by atoms with van der Waals surface area (Å²) in [6.45, 7) is 3.97. The molecule has 5 atom stereocenters. The summed E-state index contributed by atoms with van der Waals surface area (Å²) in [5, 5.41) is 12.7. The molecular formula is C22H27ClN2O5. The van der Waals surface area contributed by atoms with Crippen LogP contribution < -0.4 is 5.32 Å². The van der Waals surface area contributed by atoms with Gasteiger partial charge in [-0.05, 0) is 43.5 Å². The maximum atomic E-state index is 13.3. The van der Waals surface area contributed by atoms with Gasteiger partial charge in [-0.3, -0.25) is 14.4 Å². The van der Waals surface area contributed by atoms with Crippen molar-refractivity contribution in [2.75, 3.05) is 25.1 Å². The fraction of sp³-hybridized carbons (Fsp3) is 0.500. The number of ether oxygens (including phenoxy) is 1. The molecule has 0 saturated carbocycles. The molecule has 0 bridgehead atoms. The number of anilines is 1. The molecule has 30 heavy (non-hydrogen) atoms. The number of benzene rings is 1. The first kappa shape index (κ1) is 22.3. The zero-order chi connectivity index (χ0) is 21.8. The molecule has 1 aromatic rings. The Balaban J connectivity index is 1.92. The van der Waals surface area contributed by atoms with Gasteiger partial charge in [0.1, 0.15) is 6.04 Å². The molecular weight excluding hydrogens is 408 g/mol. The number of amides is 2. The number of aliphatic hydroxyl groups is 1. The number of allylic oxidation sites excluding steroid dienone is 1. The first-order chi connectivity index (χ1) is 14.4. The van der Waals surface area contributed by atoms with E-state index in [9.17, 15) is 19.5 Å². The highest BCUT2D eigenvalue weighted by Gasteiger charge is 2.56. The molecule has 8 heteroatoms. The van der Waals surface area contributed by atoms with Crippen LogP contribution in [0.5, 0.6) is 0 Å². The predicted molar refractivity (Wildman–Crippen MR) is 113 cm³/mol. The summed E-state index contributed by atoms with van der Waals surface area (Å²) in [5.41, 5.74) is 0.567. The van der Waals surface area contributed by atoms with E-state index in [-0.39, 0.29) is 37.5 Å². The second-order valence-corrected chi connectivity index (χ2v) is 8.11. The van der Waals surface area contributed by atoms with Crippen molar-refractivity contribution in [3.8, 4) is 0 Å². The lowest BCUT2D eigenvalue weighted by Crippen LogP contribution is -2.44. The van der Waals surface area contributed by atoms with E-state index in [4.69, 9.17) is 16.3 Å². The lowest BCUT2D eigenvalue weighted by atomic mass is 9.70. The highest BCUT2D eigenvalue weighted by atomic mass is 35.5. The fourth-order valence-electron chi connectivity index (χ4n) is 4.42. The van der Waals surface area contributed by atoms with Crippen molar-refractivity contribution in [3.05, 3.63) is 41.4 Å². The summed E-state index contributed by atoms with van der Waals surface area (Å²) in [6, 6.07) is 5.94. The van der Waals surface area contributed by atoms with Crippen molar-refractivity contribution in [1.29, 1.82) is 0 Å². The molecule has 1 fully saturated rings. The Bertz CT molecular complexity index is 825. The first-order valence-corrected chi connectivity index (χ1v) is 10.6. The second kappa shape index (κ2) is 9.62. The van der Waals surface area contributed by atoms with Crippen LogP contribution >= 0.6 is 11.6 Å². The smallest absolute Gasteiger partial charge is 0.310 e. The lowest BCUT2D eigenvalue weighted by molar-refractivity contribution is -0.155. The van der Waals surface area contributed by atoms with Crippen molar-refractivity contribution in [2.45, 2.75) is 26.3 Å². The largest absolute Gasteiger partial charge is 0.466 e. The fourth-order valence-corrected chi connectivity index (χ4v) is 4.55. The molecule has 2 aliphatic rings. The van der Waals surface area contributed by atoms with Gasteiger partial charge in [0.05, 0.1) is 18.4 Å². The van der Waals surface area contributed by atoms with Gasteiger partial charge in [0.25, 0.3) is 0 Å². The number of carbonyl (C=O) groups is 3. The number of nitrogens with one attached hydrogen (secondary N) is 1. The molecule has 3 rings (SSSR count). The van der Waals surface area contributed by atoms with Crippen LogP contribution in [0.25, 0.3) is 0 Å². The van der Waals surface area contributed by atoms with E-state index < -0.39 is 29.8 Å². The van der Waals surface area contributed by atoms with Gasteiger partial charge in [-0.15, -0.1) is 0 Å². The van der Waals surface area contributed by atoms with Crippen LogP contribution in [0.2, 0.25) is 5.02 Å². The van der Waals surface area contributed by atoms with E-state index >= 15 is 0 Å². The quantitative estimate of drug-likeness (QED) is 0.507. The highest BCUT2D eigenvalue weighted by Crippen LogP contribution is 2.44. The lowest BCUT2D eigenvalue weighted by Gasteiger charge is -2.32. The molecule has 0 spiro atoms. The van der Waals surface area contributed by atoms with E-state index in [2.05, 4.69) is 5.32 Å². The molecule has 1 saturated heterocycles. The van der Waals surface area contributed by atoms with Gasteiger partial charge in [0.2, 0.25) is 11.8 Å². The molecule has 0 radical (unpaired) electrons. The Morgan fingerprint density at radius 2 is 1.93 bits per heavy atom. The molecule has 1 aliphatic heterocycles. The summed E-state index contributed by atoms with van der Waals surface area (Å²) >= 11 is 5.91. The third-order valence-electron chi connectivity index (χ3n) is 5.77. The number of aliphatic hydroxyl groups excluding tert-OH is 1. The minimum Gasteiger partial charge on any atom is -0.466 e. The normalized spacial score (nSPS) is 27.7. The molecule has 7 nitrogen and oxygen atoms in total. The van der Waals surface area contributed by atoms with E-state index in [1.165, 1.54) is 4.90 Å². The van der Waals surface area contributed by atoms with Crippen molar-refractivity contribution >= 4 is 35.1 Å². The number of fused-ring (bicyclic) bond motifs is 1. The minimum absolute atomic E-state index is 0.0990. The standard InChI is InChI=1S/C22H27ClN2O5/c1-3-30-22(29)17-13(2)5-10-16-18(17)21(28)25(11-4-12-26)19(16)20(27)24-15-8-6-14(23)7-9-15/h5-10,13,16-19,26H,3-4,11-12H2,1-2H3,(H,24,27)/t13-,16+,17-,18-,19+/m1/s1. The monoisotopic (exact) mass is 434 g/mol. The molecule has 162 valence electrons. The van der Waals surface area contributed by atoms with Gasteiger partial charge in [-0.25, -0.2) is 0 Å². The Morgan fingerprint density at radius 3 is 2.57 bits per heavy atom. The maximum Gasteiger partial charge on any atom is 0.310 e. The van der Waals surface area contributed by atoms with Gasteiger partial charge >= 0.3 is 5.97 Å². The SMILES string of the molecule is CCOC(=O)[C@H]1[C@@H]2C(=O)N(CCCO)[C@H](C(=O)Nc3ccc(Cl)cc3)[C@H]2C=C[C@H]1C. The van der Waals surface area contributed by atoms with Crippen molar-refractivity contribution in [1.82, 2.24) is 4.90 Å². The van der Waals surface area contributed by atoms with Gasteiger partial charge < -0.3 is 20.1 Å². The van der Waals surface area contributed by atoms with Crippen molar-refractivity contribution < 1.29 is 24.2 Å². The summed E-state index contributed by atoms with van der Waals surface area (Å²) in [4.78, 5) is 40.7. The number of carbonyl (C=O) groups excluding carboxylic acids is 3. The van der Waals surface area contributed by atoms with Crippen LogP contribution in [0.3, 0.4) is 0 Å². The summed E-state index contributed by atoms with van der Waals surface area (Å²) in [7, 11) is 0.